The van der Waals surface area contributed by atoms with Crippen molar-refractivity contribution in [1.29, 1.82) is 0 Å². The van der Waals surface area contributed by atoms with Crippen LogP contribution in [-0.2, 0) is 39.0 Å². The molecule has 0 heterocycles. The molecule has 218 valence electrons. The molecule has 0 nitrogen and oxygen atoms in total. The van der Waals surface area contributed by atoms with Crippen molar-refractivity contribution in [1.82, 2.24) is 0 Å². The van der Waals surface area contributed by atoms with Crippen LogP contribution in [0.5, 0.6) is 0 Å². The fourth-order valence-electron chi connectivity index (χ4n) is 4.67. The standard InChI is InChI=1S/2C12H19Si.C10H15.2ClH.Zr/c2*1-11(10-13(2,3)4)9-12-7-5-6-8-12;1-6-7(2)9(4)10(5)8(6)3;;;/h2*5-8H,1,9-10H2,2-4H3;1-5H3;2*1H;/q3*-1;;;+2/p-2. The van der Waals surface area contributed by atoms with Crippen molar-refractivity contribution in [3.8, 4) is 0 Å². The van der Waals surface area contributed by atoms with E-state index in [-0.39, 0.29) is 51.0 Å². The summed E-state index contributed by atoms with van der Waals surface area (Å²) in [6.07, 6.45) is 2.13. The summed E-state index contributed by atoms with van der Waals surface area (Å²) in [7, 11) is -1.91. The Morgan fingerprint density at radius 2 is 0.872 bits per heavy atom. The van der Waals surface area contributed by atoms with Crippen molar-refractivity contribution in [2.24, 2.45) is 0 Å². The molecular formula is C34H53Cl2Si2Zr-3. The molecule has 0 fully saturated rings. The monoisotopic (exact) mass is 677 g/mol. The predicted octanol–water partition coefficient (Wildman–Crippen LogP) is 4.64. The van der Waals surface area contributed by atoms with Gasteiger partial charge in [-0.1, -0.05) is 97.9 Å². The molecule has 0 saturated heterocycles. The Bertz CT molecular complexity index is 934. The van der Waals surface area contributed by atoms with Gasteiger partial charge >= 0.3 is 26.2 Å². The molecule has 3 rings (SSSR count). The summed E-state index contributed by atoms with van der Waals surface area (Å²) in [5.41, 5.74) is 12.9. The van der Waals surface area contributed by atoms with E-state index in [4.69, 9.17) is 0 Å². The normalized spacial score (nSPS) is 10.4. The molecule has 0 radical (unpaired) electrons. The van der Waals surface area contributed by atoms with Crippen LogP contribution >= 0.6 is 0 Å². The van der Waals surface area contributed by atoms with Gasteiger partial charge in [-0.05, 0) is 12.1 Å². The first-order valence-electron chi connectivity index (χ1n) is 13.4. The van der Waals surface area contributed by atoms with Gasteiger partial charge in [0.25, 0.3) is 0 Å². The summed E-state index contributed by atoms with van der Waals surface area (Å²) in [6, 6.07) is 19.6. The fraction of sp³-hybridized carbons (Fsp3) is 0.441. The van der Waals surface area contributed by atoms with Crippen molar-refractivity contribution in [3.63, 3.8) is 0 Å². The van der Waals surface area contributed by atoms with E-state index in [1.807, 2.05) is 0 Å². The summed E-state index contributed by atoms with van der Waals surface area (Å²) in [4.78, 5) is 0. The van der Waals surface area contributed by atoms with Gasteiger partial charge in [-0.15, -0.1) is 13.2 Å². The molecule has 0 spiro atoms. The fourth-order valence-corrected chi connectivity index (χ4v) is 7.92. The minimum atomic E-state index is -0.953. The summed E-state index contributed by atoms with van der Waals surface area (Å²) >= 11 is 0. The predicted molar refractivity (Wildman–Crippen MR) is 172 cm³/mol. The topological polar surface area (TPSA) is 0 Å². The molecule has 0 aromatic heterocycles. The number of hydrogen-bond donors (Lipinski definition) is 0. The summed E-state index contributed by atoms with van der Waals surface area (Å²) < 4.78 is 0. The molecule has 39 heavy (non-hydrogen) atoms. The van der Waals surface area contributed by atoms with Crippen LogP contribution in [0.15, 0.2) is 72.8 Å². The van der Waals surface area contributed by atoms with Gasteiger partial charge in [0, 0.05) is 16.1 Å². The van der Waals surface area contributed by atoms with Crippen molar-refractivity contribution in [2.75, 3.05) is 0 Å². The first-order valence-corrected chi connectivity index (χ1v) is 20.9. The van der Waals surface area contributed by atoms with Crippen LogP contribution in [0, 0.1) is 34.6 Å². The van der Waals surface area contributed by atoms with Crippen molar-refractivity contribution in [2.45, 2.75) is 98.8 Å². The molecule has 0 bridgehead atoms. The molecule has 0 N–H and O–H groups in total. The Hall–Kier alpha value is -0.573. The quantitative estimate of drug-likeness (QED) is 0.185. The first kappa shape index (κ1) is 42.9. The summed E-state index contributed by atoms with van der Waals surface area (Å²) in [5.74, 6) is 0. The van der Waals surface area contributed by atoms with Crippen LogP contribution in [-0.4, -0.2) is 16.1 Å². The molecule has 3 aromatic carbocycles. The van der Waals surface area contributed by atoms with Gasteiger partial charge in [-0.25, -0.2) is 24.3 Å². The molecule has 0 aliphatic rings. The molecular weight excluding hydrogens is 627 g/mol. The Morgan fingerprint density at radius 1 is 0.615 bits per heavy atom. The van der Waals surface area contributed by atoms with Crippen molar-refractivity contribution in [3.05, 3.63) is 112 Å². The molecule has 3 aromatic rings. The largest absolute Gasteiger partial charge is 2.00 e. The Kier molecular flexibility index (Phi) is 21.5. The maximum Gasteiger partial charge on any atom is 2.00 e. The third-order valence-electron chi connectivity index (χ3n) is 6.74. The SMILES string of the molecule is C=C(C[c-]1cccc1)C[Si](C)(C)C.C=C(C[c-]1cccc1)C[Si](C)(C)C.Cc1c(C)c(C)[c-](C)c1C.[Cl-].[Cl-].[Zr+2]. The zero-order valence-corrected chi connectivity index (χ0v) is 32.6. The Labute approximate surface area is 275 Å². The number of rotatable bonds is 8. The van der Waals surface area contributed by atoms with Crippen LogP contribution in [0.3, 0.4) is 0 Å². The van der Waals surface area contributed by atoms with Gasteiger partial charge in [0.1, 0.15) is 0 Å². The molecule has 0 aliphatic carbocycles. The number of hydrogen-bond acceptors (Lipinski definition) is 0. The van der Waals surface area contributed by atoms with E-state index in [1.165, 1.54) is 62.2 Å². The molecule has 0 atom stereocenters. The second kappa shape index (κ2) is 19.5. The maximum atomic E-state index is 4.15. The number of allylic oxidation sites excluding steroid dienone is 2. The Morgan fingerprint density at radius 3 is 1.05 bits per heavy atom. The van der Waals surface area contributed by atoms with Gasteiger partial charge in [0.2, 0.25) is 0 Å². The van der Waals surface area contributed by atoms with Gasteiger partial charge in [0.05, 0.1) is 0 Å². The molecule has 0 saturated carbocycles. The Balaban J connectivity index is -0.000000484. The van der Waals surface area contributed by atoms with Gasteiger partial charge in [-0.2, -0.15) is 63.2 Å². The average molecular weight is 680 g/mol. The van der Waals surface area contributed by atoms with Gasteiger partial charge in [-0.3, -0.25) is 0 Å². The van der Waals surface area contributed by atoms with E-state index >= 15 is 0 Å². The maximum absolute atomic E-state index is 4.15. The summed E-state index contributed by atoms with van der Waals surface area (Å²) in [6.45, 7) is 33.6. The molecule has 0 amide bonds. The first-order chi connectivity index (χ1) is 16.5. The van der Waals surface area contributed by atoms with Gasteiger partial charge < -0.3 is 24.8 Å². The van der Waals surface area contributed by atoms with E-state index in [2.05, 4.69) is 136 Å². The van der Waals surface area contributed by atoms with E-state index in [0.29, 0.717) is 0 Å². The minimum absolute atomic E-state index is 0. The minimum Gasteiger partial charge on any atom is -1.00 e. The molecule has 0 unspecified atom stereocenters. The second-order valence-corrected chi connectivity index (χ2v) is 24.0. The van der Waals surface area contributed by atoms with Crippen molar-refractivity contribution >= 4 is 16.1 Å². The van der Waals surface area contributed by atoms with E-state index < -0.39 is 16.1 Å². The third kappa shape index (κ3) is 17.8. The van der Waals surface area contributed by atoms with Gasteiger partial charge in [0.15, 0.2) is 0 Å². The van der Waals surface area contributed by atoms with E-state index in [0.717, 1.165) is 12.8 Å². The second-order valence-electron chi connectivity index (χ2n) is 13.0. The molecule has 0 aliphatic heterocycles. The van der Waals surface area contributed by atoms with Crippen LogP contribution < -0.4 is 24.8 Å². The smallest absolute Gasteiger partial charge is 1.00 e. The third-order valence-corrected chi connectivity index (χ3v) is 9.87. The summed E-state index contributed by atoms with van der Waals surface area (Å²) in [5, 5.41) is 0. The van der Waals surface area contributed by atoms with E-state index in [9.17, 15) is 0 Å². The zero-order valence-electron chi connectivity index (χ0n) is 26.6. The molecule has 5 heteroatoms. The van der Waals surface area contributed by atoms with Crippen LogP contribution in [0.25, 0.3) is 0 Å². The van der Waals surface area contributed by atoms with E-state index in [1.54, 1.807) is 0 Å². The van der Waals surface area contributed by atoms with Crippen LogP contribution in [0.1, 0.15) is 38.9 Å². The van der Waals surface area contributed by atoms with Crippen molar-refractivity contribution < 1.29 is 51.0 Å². The zero-order chi connectivity index (χ0) is 27.7. The van der Waals surface area contributed by atoms with Crippen LogP contribution in [0.4, 0.5) is 0 Å². The average Bonchev–Trinajstić information content (AvgIpc) is 3.46. The number of halogens is 2. The van der Waals surface area contributed by atoms with Crippen LogP contribution in [0.2, 0.25) is 51.4 Å².